The van der Waals surface area contributed by atoms with Crippen LogP contribution in [-0.2, 0) is 6.18 Å². The average molecular weight is 370 g/mol. The lowest BCUT2D eigenvalue weighted by atomic mass is 10.1. The van der Waals surface area contributed by atoms with Crippen molar-refractivity contribution in [1.82, 2.24) is 4.98 Å². The highest BCUT2D eigenvalue weighted by Crippen LogP contribution is 2.33. The van der Waals surface area contributed by atoms with E-state index in [1.807, 2.05) is 13.0 Å². The van der Waals surface area contributed by atoms with Gasteiger partial charge in [0.2, 0.25) is 0 Å². The SMILES string of the molecule is Cc1cc(C2=CC(Nc3ccc(F)c(C(F)(F)F)c3)=NC2)cc(Cl)n1. The fourth-order valence-corrected chi connectivity index (χ4v) is 2.71. The molecule has 0 radical (unpaired) electrons. The van der Waals surface area contributed by atoms with Gasteiger partial charge < -0.3 is 5.32 Å². The van der Waals surface area contributed by atoms with E-state index < -0.39 is 17.6 Å². The molecule has 0 amide bonds. The number of alkyl halides is 3. The number of nitrogens with one attached hydrogen (secondary N) is 1. The van der Waals surface area contributed by atoms with Crippen LogP contribution in [0.3, 0.4) is 0 Å². The summed E-state index contributed by atoms with van der Waals surface area (Å²) in [5.74, 6) is -0.926. The topological polar surface area (TPSA) is 37.3 Å². The Morgan fingerprint density at radius 1 is 1.16 bits per heavy atom. The minimum Gasteiger partial charge on any atom is -0.341 e. The summed E-state index contributed by atoms with van der Waals surface area (Å²) in [6.07, 6.45) is -3.05. The largest absolute Gasteiger partial charge is 0.419 e. The van der Waals surface area contributed by atoms with Crippen LogP contribution in [0, 0.1) is 12.7 Å². The summed E-state index contributed by atoms with van der Waals surface area (Å²) in [5, 5.41) is 3.12. The Hall–Kier alpha value is -2.41. The van der Waals surface area contributed by atoms with Gasteiger partial charge in [0.05, 0.1) is 12.1 Å². The van der Waals surface area contributed by atoms with Gasteiger partial charge >= 0.3 is 6.18 Å². The number of hydrogen-bond acceptors (Lipinski definition) is 3. The van der Waals surface area contributed by atoms with E-state index in [0.29, 0.717) is 17.5 Å². The highest BCUT2D eigenvalue weighted by Gasteiger charge is 2.34. The Morgan fingerprint density at radius 2 is 1.92 bits per heavy atom. The second-order valence-corrected chi connectivity index (χ2v) is 5.90. The number of halogens is 5. The normalized spacial score (nSPS) is 14.3. The van der Waals surface area contributed by atoms with Crippen molar-refractivity contribution in [2.24, 2.45) is 4.99 Å². The van der Waals surface area contributed by atoms with E-state index >= 15 is 0 Å². The van der Waals surface area contributed by atoms with Gasteiger partial charge in [0, 0.05) is 11.4 Å². The molecule has 1 aliphatic rings. The summed E-state index contributed by atoms with van der Waals surface area (Å²) < 4.78 is 51.6. The molecule has 0 unspecified atom stereocenters. The summed E-state index contributed by atoms with van der Waals surface area (Å²) in [7, 11) is 0. The van der Waals surface area contributed by atoms with Gasteiger partial charge in [-0.1, -0.05) is 11.6 Å². The number of amidine groups is 1. The molecule has 0 fully saturated rings. The third kappa shape index (κ3) is 3.99. The minimum atomic E-state index is -4.76. The van der Waals surface area contributed by atoms with Crippen LogP contribution in [0.15, 0.2) is 41.4 Å². The third-order valence-electron chi connectivity index (χ3n) is 3.57. The molecule has 0 saturated heterocycles. The van der Waals surface area contributed by atoms with Crippen LogP contribution in [0.4, 0.5) is 23.2 Å². The molecule has 0 saturated carbocycles. The Labute approximate surface area is 146 Å². The van der Waals surface area contributed by atoms with Crippen molar-refractivity contribution < 1.29 is 17.6 Å². The minimum absolute atomic E-state index is 0.105. The van der Waals surface area contributed by atoms with Gasteiger partial charge in [0.25, 0.3) is 0 Å². The standard InChI is InChI=1S/C17H12ClF4N3/c1-9-4-10(5-15(18)24-9)11-6-16(23-8-11)25-12-2-3-14(19)13(7-12)17(20,21)22/h2-7H,8H2,1H3,(H,23,25). The maximum absolute atomic E-state index is 13.3. The molecule has 1 aromatic heterocycles. The number of anilines is 1. The Kier molecular flexibility index (Phi) is 4.51. The number of rotatable bonds is 2. The summed E-state index contributed by atoms with van der Waals surface area (Å²) in [6, 6.07) is 6.26. The van der Waals surface area contributed by atoms with E-state index in [9.17, 15) is 17.6 Å². The van der Waals surface area contributed by atoms with Gasteiger partial charge in [-0.2, -0.15) is 13.2 Å². The van der Waals surface area contributed by atoms with Gasteiger partial charge in [-0.25, -0.2) is 9.37 Å². The first-order valence-corrected chi connectivity index (χ1v) is 7.63. The monoisotopic (exact) mass is 369 g/mol. The predicted octanol–water partition coefficient (Wildman–Crippen LogP) is 5.11. The maximum atomic E-state index is 13.3. The molecule has 3 nitrogen and oxygen atoms in total. The van der Waals surface area contributed by atoms with Crippen LogP contribution >= 0.6 is 11.6 Å². The molecule has 0 aliphatic carbocycles. The van der Waals surface area contributed by atoms with E-state index in [-0.39, 0.29) is 5.69 Å². The average Bonchev–Trinajstić information content (AvgIpc) is 2.96. The lowest BCUT2D eigenvalue weighted by Crippen LogP contribution is -2.11. The Morgan fingerprint density at radius 3 is 2.60 bits per heavy atom. The van der Waals surface area contributed by atoms with Crippen molar-refractivity contribution in [1.29, 1.82) is 0 Å². The molecule has 1 aliphatic heterocycles. The quantitative estimate of drug-likeness (QED) is 0.590. The van der Waals surface area contributed by atoms with Crippen LogP contribution in [-0.4, -0.2) is 17.4 Å². The number of pyridine rings is 1. The van der Waals surface area contributed by atoms with E-state index in [4.69, 9.17) is 11.6 Å². The van der Waals surface area contributed by atoms with Gasteiger partial charge in [0.1, 0.15) is 16.8 Å². The van der Waals surface area contributed by atoms with Crippen LogP contribution < -0.4 is 5.32 Å². The molecular weight excluding hydrogens is 358 g/mol. The van der Waals surface area contributed by atoms with Crippen LogP contribution in [0.5, 0.6) is 0 Å². The fraction of sp³-hybridized carbons (Fsp3) is 0.176. The lowest BCUT2D eigenvalue weighted by molar-refractivity contribution is -0.139. The highest BCUT2D eigenvalue weighted by atomic mass is 35.5. The zero-order chi connectivity index (χ0) is 18.2. The number of aliphatic imine (C=N–C) groups is 1. The number of hydrogen-bond donors (Lipinski definition) is 1. The Balaban J connectivity index is 1.82. The molecule has 2 aromatic rings. The van der Waals surface area contributed by atoms with Crippen LogP contribution in [0.1, 0.15) is 16.8 Å². The maximum Gasteiger partial charge on any atom is 0.419 e. The number of aromatic nitrogens is 1. The molecule has 0 bridgehead atoms. The molecule has 25 heavy (non-hydrogen) atoms. The van der Waals surface area contributed by atoms with Gasteiger partial charge in [-0.15, -0.1) is 0 Å². The molecular formula is C17H12ClF4N3. The first kappa shape index (κ1) is 17.4. The van der Waals surface area contributed by atoms with E-state index in [2.05, 4.69) is 15.3 Å². The van der Waals surface area contributed by atoms with Crippen molar-refractivity contribution in [3.05, 3.63) is 64.2 Å². The highest BCUT2D eigenvalue weighted by molar-refractivity contribution is 6.29. The zero-order valence-electron chi connectivity index (χ0n) is 13.0. The second-order valence-electron chi connectivity index (χ2n) is 5.51. The number of nitrogens with zero attached hydrogens (tertiary/aromatic N) is 2. The number of benzene rings is 1. The second kappa shape index (κ2) is 6.48. The summed E-state index contributed by atoms with van der Waals surface area (Å²) >= 11 is 5.94. The summed E-state index contributed by atoms with van der Waals surface area (Å²) in [4.78, 5) is 8.31. The molecule has 0 atom stereocenters. The first-order valence-electron chi connectivity index (χ1n) is 7.26. The zero-order valence-corrected chi connectivity index (χ0v) is 13.7. The Bertz CT molecular complexity index is 868. The third-order valence-corrected chi connectivity index (χ3v) is 3.76. The molecule has 0 spiro atoms. The smallest absolute Gasteiger partial charge is 0.341 e. The molecule has 2 heterocycles. The first-order chi connectivity index (χ1) is 11.7. The van der Waals surface area contributed by atoms with Crippen molar-refractivity contribution >= 4 is 28.7 Å². The molecule has 1 aromatic carbocycles. The molecule has 8 heteroatoms. The van der Waals surface area contributed by atoms with Crippen LogP contribution in [0.2, 0.25) is 5.15 Å². The molecule has 3 rings (SSSR count). The number of aryl methyl sites for hydroxylation is 1. The van der Waals surface area contributed by atoms with Crippen molar-refractivity contribution in [3.63, 3.8) is 0 Å². The van der Waals surface area contributed by atoms with Crippen molar-refractivity contribution in [2.45, 2.75) is 13.1 Å². The molecule has 1 N–H and O–H groups in total. The van der Waals surface area contributed by atoms with Gasteiger partial charge in [-0.3, -0.25) is 4.99 Å². The van der Waals surface area contributed by atoms with Gasteiger partial charge in [0.15, 0.2) is 0 Å². The fourth-order valence-electron chi connectivity index (χ4n) is 2.46. The van der Waals surface area contributed by atoms with Gasteiger partial charge in [-0.05, 0) is 54.5 Å². The summed E-state index contributed by atoms with van der Waals surface area (Å²) in [5.41, 5.74) is 1.23. The van der Waals surface area contributed by atoms with Crippen molar-refractivity contribution in [2.75, 3.05) is 11.9 Å². The van der Waals surface area contributed by atoms with E-state index in [0.717, 1.165) is 29.0 Å². The van der Waals surface area contributed by atoms with Crippen molar-refractivity contribution in [3.8, 4) is 0 Å². The van der Waals surface area contributed by atoms with Crippen LogP contribution in [0.25, 0.3) is 5.57 Å². The summed E-state index contributed by atoms with van der Waals surface area (Å²) in [6.45, 7) is 2.16. The van der Waals surface area contributed by atoms with E-state index in [1.54, 1.807) is 12.1 Å². The lowest BCUT2D eigenvalue weighted by Gasteiger charge is -2.11. The predicted molar refractivity (Wildman–Crippen MR) is 89.3 cm³/mol. The molecule has 130 valence electrons. The van der Waals surface area contributed by atoms with E-state index in [1.165, 1.54) is 6.07 Å².